The summed E-state index contributed by atoms with van der Waals surface area (Å²) in [4.78, 5) is 41.0. The number of fused-ring (bicyclic) bond motifs is 1. The van der Waals surface area contributed by atoms with E-state index < -0.39 is 17.4 Å². The topological polar surface area (TPSA) is 79.0 Å². The van der Waals surface area contributed by atoms with Crippen molar-refractivity contribution in [1.82, 2.24) is 15.1 Å². The van der Waals surface area contributed by atoms with Crippen LogP contribution in [0.4, 0.5) is 0 Å². The first-order chi connectivity index (χ1) is 12.5. The van der Waals surface area contributed by atoms with Crippen LogP contribution in [0.1, 0.15) is 32.6 Å². The highest BCUT2D eigenvalue weighted by molar-refractivity contribution is 5.93. The van der Waals surface area contributed by atoms with Gasteiger partial charge in [0.1, 0.15) is 5.60 Å². The van der Waals surface area contributed by atoms with Gasteiger partial charge >= 0.3 is 0 Å². The molecule has 2 bridgehead atoms. The van der Waals surface area contributed by atoms with Crippen LogP contribution in [0.25, 0.3) is 0 Å². The maximum atomic E-state index is 13.2. The number of ether oxygens (including phenoxy) is 1. The molecule has 0 aromatic rings. The number of nitrogens with zero attached hydrogens (tertiary/aromatic N) is 2. The van der Waals surface area contributed by atoms with Gasteiger partial charge in [0.2, 0.25) is 17.7 Å². The normalized spacial score (nSPS) is 35.6. The van der Waals surface area contributed by atoms with Crippen LogP contribution in [0, 0.1) is 11.8 Å². The van der Waals surface area contributed by atoms with Crippen molar-refractivity contribution in [1.29, 1.82) is 0 Å². The largest absolute Gasteiger partial charge is 0.360 e. The molecule has 1 spiro atoms. The van der Waals surface area contributed by atoms with E-state index in [0.717, 1.165) is 38.8 Å². The van der Waals surface area contributed by atoms with Gasteiger partial charge in [-0.25, -0.2) is 0 Å². The van der Waals surface area contributed by atoms with Gasteiger partial charge in [0.25, 0.3) is 0 Å². The van der Waals surface area contributed by atoms with E-state index in [9.17, 15) is 14.4 Å². The molecule has 3 fully saturated rings. The molecule has 0 aliphatic carbocycles. The van der Waals surface area contributed by atoms with Crippen LogP contribution in [0.2, 0.25) is 0 Å². The molecule has 26 heavy (non-hydrogen) atoms. The summed E-state index contributed by atoms with van der Waals surface area (Å²) in [5, 5.41) is 2.73. The van der Waals surface area contributed by atoms with Crippen molar-refractivity contribution in [2.45, 2.75) is 44.3 Å². The molecule has 4 aliphatic rings. The molecule has 0 aromatic carbocycles. The molecular weight excluding hydrogens is 334 g/mol. The monoisotopic (exact) mass is 361 g/mol. The number of hydrogen-bond donors (Lipinski definition) is 1. The van der Waals surface area contributed by atoms with Crippen molar-refractivity contribution < 1.29 is 19.1 Å². The quantitative estimate of drug-likeness (QED) is 0.731. The summed E-state index contributed by atoms with van der Waals surface area (Å²) in [5.74, 6) is -0.885. The summed E-state index contributed by atoms with van der Waals surface area (Å²) in [7, 11) is 0. The molecular formula is C19H27N3O4. The van der Waals surface area contributed by atoms with Gasteiger partial charge in [-0.05, 0) is 12.8 Å². The van der Waals surface area contributed by atoms with Crippen LogP contribution in [0.3, 0.4) is 0 Å². The van der Waals surface area contributed by atoms with Crippen LogP contribution >= 0.6 is 0 Å². The Balaban J connectivity index is 1.50. The van der Waals surface area contributed by atoms with E-state index in [1.54, 1.807) is 4.90 Å². The molecule has 4 atom stereocenters. The fraction of sp³-hybridized carbons (Fsp3) is 0.737. The van der Waals surface area contributed by atoms with Gasteiger partial charge in [0.15, 0.2) is 0 Å². The first-order valence-electron chi connectivity index (χ1n) is 9.71. The van der Waals surface area contributed by atoms with Gasteiger partial charge in [0, 0.05) is 33.1 Å². The molecule has 0 unspecified atom stereocenters. The highest BCUT2D eigenvalue weighted by Crippen LogP contribution is 2.52. The minimum absolute atomic E-state index is 0.0182. The second-order valence-corrected chi connectivity index (χ2v) is 7.88. The predicted molar refractivity (Wildman–Crippen MR) is 94.0 cm³/mol. The van der Waals surface area contributed by atoms with Crippen LogP contribution in [-0.4, -0.2) is 72.0 Å². The summed E-state index contributed by atoms with van der Waals surface area (Å²) in [6.07, 6.45) is 8.05. The Morgan fingerprint density at radius 3 is 2.69 bits per heavy atom. The number of rotatable bonds is 4. The number of hydrogen-bond acceptors (Lipinski definition) is 4. The first-order valence-corrected chi connectivity index (χ1v) is 9.71. The summed E-state index contributed by atoms with van der Waals surface area (Å²) in [6, 6.07) is 0. The zero-order valence-electron chi connectivity index (χ0n) is 15.3. The highest BCUT2D eigenvalue weighted by Gasteiger charge is 2.67. The molecule has 3 saturated heterocycles. The number of carbonyl (C=O) groups excluding carboxylic acids is 3. The van der Waals surface area contributed by atoms with Crippen molar-refractivity contribution >= 4 is 17.7 Å². The molecule has 4 rings (SSSR count). The Morgan fingerprint density at radius 1 is 1.27 bits per heavy atom. The fourth-order valence-corrected chi connectivity index (χ4v) is 4.92. The predicted octanol–water partition coefficient (Wildman–Crippen LogP) is 0.307. The van der Waals surface area contributed by atoms with Crippen molar-refractivity contribution in [3.8, 4) is 0 Å². The number of nitrogens with one attached hydrogen (secondary N) is 1. The summed E-state index contributed by atoms with van der Waals surface area (Å²) >= 11 is 0. The smallest absolute Gasteiger partial charge is 0.230 e. The lowest BCUT2D eigenvalue weighted by atomic mass is 9.76. The third kappa shape index (κ3) is 2.82. The fourth-order valence-electron chi connectivity index (χ4n) is 4.92. The molecule has 142 valence electrons. The SMILES string of the molecule is CC(=O)NCCN1C[C@]23C=C[C@H](O2)[C@@H](C(=O)N2CCCCCC2)[C@H]3C1=O. The number of carbonyl (C=O) groups is 3. The third-order valence-corrected chi connectivity index (χ3v) is 6.14. The first kappa shape index (κ1) is 17.5. The van der Waals surface area contributed by atoms with E-state index in [1.807, 2.05) is 17.1 Å². The van der Waals surface area contributed by atoms with E-state index in [0.29, 0.717) is 19.6 Å². The molecule has 4 aliphatic heterocycles. The van der Waals surface area contributed by atoms with Gasteiger partial charge in [0.05, 0.1) is 24.5 Å². The van der Waals surface area contributed by atoms with Crippen molar-refractivity contribution in [3.05, 3.63) is 12.2 Å². The molecule has 7 nitrogen and oxygen atoms in total. The standard InChI is InChI=1S/C19H27N3O4/c1-13(23)20-8-11-22-12-19-7-6-14(26-19)15(16(19)18(22)25)17(24)21-9-4-2-3-5-10-21/h6-7,14-16H,2-5,8-12H2,1H3,(H,20,23)/t14-,15+,16-,19-/m0/s1. The molecule has 3 amide bonds. The summed E-state index contributed by atoms with van der Waals surface area (Å²) < 4.78 is 6.16. The molecule has 0 aromatic heterocycles. The lowest BCUT2D eigenvalue weighted by Gasteiger charge is -2.29. The molecule has 1 N–H and O–H groups in total. The maximum absolute atomic E-state index is 13.2. The average molecular weight is 361 g/mol. The zero-order chi connectivity index (χ0) is 18.3. The molecule has 4 heterocycles. The number of amides is 3. The Morgan fingerprint density at radius 2 is 2.00 bits per heavy atom. The van der Waals surface area contributed by atoms with Crippen LogP contribution < -0.4 is 5.32 Å². The second kappa shape index (κ2) is 6.68. The molecule has 7 heteroatoms. The van der Waals surface area contributed by atoms with Gasteiger partial charge in [-0.3, -0.25) is 14.4 Å². The maximum Gasteiger partial charge on any atom is 0.230 e. The van der Waals surface area contributed by atoms with Crippen LogP contribution in [0.5, 0.6) is 0 Å². The second-order valence-electron chi connectivity index (χ2n) is 7.88. The zero-order valence-corrected chi connectivity index (χ0v) is 15.3. The Hall–Kier alpha value is -1.89. The lowest BCUT2D eigenvalue weighted by Crippen LogP contribution is -2.46. The van der Waals surface area contributed by atoms with Crippen molar-refractivity contribution in [2.24, 2.45) is 11.8 Å². The van der Waals surface area contributed by atoms with E-state index in [2.05, 4.69) is 5.32 Å². The van der Waals surface area contributed by atoms with Gasteiger partial charge in [-0.2, -0.15) is 0 Å². The Labute approximate surface area is 153 Å². The van der Waals surface area contributed by atoms with E-state index in [-0.39, 0.29) is 23.8 Å². The van der Waals surface area contributed by atoms with Crippen molar-refractivity contribution in [3.63, 3.8) is 0 Å². The summed E-state index contributed by atoms with van der Waals surface area (Å²) in [5.41, 5.74) is -0.663. The van der Waals surface area contributed by atoms with Crippen LogP contribution in [-0.2, 0) is 19.1 Å². The Kier molecular flexibility index (Phi) is 4.50. The van der Waals surface area contributed by atoms with Crippen LogP contribution in [0.15, 0.2) is 12.2 Å². The van der Waals surface area contributed by atoms with E-state index >= 15 is 0 Å². The van der Waals surface area contributed by atoms with Gasteiger partial charge in [-0.1, -0.05) is 25.0 Å². The minimum atomic E-state index is -0.663. The number of likely N-dealkylation sites (tertiary alicyclic amines) is 2. The summed E-state index contributed by atoms with van der Waals surface area (Å²) in [6.45, 7) is 4.36. The van der Waals surface area contributed by atoms with E-state index in [1.165, 1.54) is 6.92 Å². The lowest BCUT2D eigenvalue weighted by molar-refractivity contribution is -0.143. The van der Waals surface area contributed by atoms with Gasteiger partial charge < -0.3 is 19.9 Å². The minimum Gasteiger partial charge on any atom is -0.360 e. The average Bonchev–Trinajstić information content (AvgIpc) is 3.13. The molecule has 0 saturated carbocycles. The van der Waals surface area contributed by atoms with E-state index in [4.69, 9.17) is 4.74 Å². The highest BCUT2D eigenvalue weighted by atomic mass is 16.5. The van der Waals surface area contributed by atoms with Gasteiger partial charge in [-0.15, -0.1) is 0 Å². The Bertz CT molecular complexity index is 641. The third-order valence-electron chi connectivity index (χ3n) is 6.14. The van der Waals surface area contributed by atoms with Crippen molar-refractivity contribution in [2.75, 3.05) is 32.7 Å². The molecule has 0 radical (unpaired) electrons.